The van der Waals surface area contributed by atoms with Gasteiger partial charge in [0.15, 0.2) is 6.04 Å². The van der Waals surface area contributed by atoms with Gasteiger partial charge in [0.1, 0.15) is 0 Å². The van der Waals surface area contributed by atoms with E-state index in [0.29, 0.717) is 10.8 Å². The molecule has 1 aromatic heterocycles. The quantitative estimate of drug-likeness (QED) is 0.525. The minimum atomic E-state index is -0.369. The molecule has 1 N–H and O–H groups in total. The summed E-state index contributed by atoms with van der Waals surface area (Å²) in [4.78, 5) is 12.2. The van der Waals surface area contributed by atoms with E-state index < -0.39 is 0 Å². The number of non-ortho nitro benzene ring substituents is 1. The van der Waals surface area contributed by atoms with Gasteiger partial charge in [-0.3, -0.25) is 10.1 Å². The third-order valence-electron chi connectivity index (χ3n) is 5.12. The summed E-state index contributed by atoms with van der Waals surface area (Å²) >= 11 is 6.15. The van der Waals surface area contributed by atoms with E-state index in [0.717, 1.165) is 37.2 Å². The number of nitro benzene ring substituents is 1. The normalized spacial score (nSPS) is 16.0. The van der Waals surface area contributed by atoms with Crippen LogP contribution in [0.4, 0.5) is 5.69 Å². The largest absolute Gasteiger partial charge is 0.322 e. The van der Waals surface area contributed by atoms with Crippen molar-refractivity contribution in [1.29, 1.82) is 0 Å². The molecule has 1 atom stereocenters. The van der Waals surface area contributed by atoms with Crippen molar-refractivity contribution in [3.63, 3.8) is 0 Å². The molecule has 0 spiro atoms. The fraction of sp³-hybridized carbons (Fsp3) is 0.316. The Morgan fingerprint density at radius 3 is 2.64 bits per heavy atom. The summed E-state index contributed by atoms with van der Waals surface area (Å²) in [5.74, 6) is 0.652. The van der Waals surface area contributed by atoms with E-state index in [9.17, 15) is 10.1 Å². The van der Waals surface area contributed by atoms with Crippen LogP contribution in [0.5, 0.6) is 0 Å². The van der Waals surface area contributed by atoms with Crippen LogP contribution in [0.1, 0.15) is 36.7 Å². The molecule has 3 aromatic rings. The number of hydrogen-bond acceptors (Lipinski definition) is 5. The molecule has 8 nitrogen and oxygen atoms in total. The number of likely N-dealkylation sites (tertiary alicyclic amines) is 1. The number of piperidine rings is 1. The SMILES string of the molecule is O=[N+]([O-])c1cccc([C@@H](c2nnnn2-c2cccc(Cl)c2)[NH+]2CCCCC2)c1. The van der Waals surface area contributed by atoms with Crippen molar-refractivity contribution in [2.24, 2.45) is 0 Å². The van der Waals surface area contributed by atoms with Crippen LogP contribution in [0.25, 0.3) is 5.69 Å². The first-order valence-corrected chi connectivity index (χ1v) is 9.64. The van der Waals surface area contributed by atoms with Gasteiger partial charge in [0.25, 0.3) is 5.69 Å². The van der Waals surface area contributed by atoms with Crippen molar-refractivity contribution in [3.05, 3.63) is 75.1 Å². The Morgan fingerprint density at radius 2 is 1.89 bits per heavy atom. The molecule has 0 bridgehead atoms. The summed E-state index contributed by atoms with van der Waals surface area (Å²) in [5, 5.41) is 24.3. The van der Waals surface area contributed by atoms with Crippen LogP contribution < -0.4 is 4.90 Å². The highest BCUT2D eigenvalue weighted by atomic mass is 35.5. The lowest BCUT2D eigenvalue weighted by Crippen LogP contribution is -3.13. The van der Waals surface area contributed by atoms with E-state index in [1.807, 2.05) is 18.2 Å². The van der Waals surface area contributed by atoms with Crippen LogP contribution >= 0.6 is 11.6 Å². The second kappa shape index (κ2) is 8.04. The standard InChI is InChI=1S/C19H19ClN6O2/c20-15-7-5-8-16(13-15)25-19(21-22-23-25)18(24-10-2-1-3-11-24)14-6-4-9-17(12-14)26(27)28/h4-9,12-13,18H,1-3,10-11H2/p+1/t18-/m0/s1. The van der Waals surface area contributed by atoms with E-state index in [1.165, 1.54) is 17.4 Å². The zero-order valence-electron chi connectivity index (χ0n) is 15.2. The van der Waals surface area contributed by atoms with E-state index in [4.69, 9.17) is 11.6 Å². The fourth-order valence-corrected chi connectivity index (χ4v) is 4.03. The highest BCUT2D eigenvalue weighted by molar-refractivity contribution is 6.30. The molecule has 1 aliphatic rings. The Morgan fingerprint density at radius 1 is 1.11 bits per heavy atom. The van der Waals surface area contributed by atoms with Gasteiger partial charge in [0, 0.05) is 22.7 Å². The maximum atomic E-state index is 11.3. The summed E-state index contributed by atoms with van der Waals surface area (Å²) in [7, 11) is 0. The first-order valence-electron chi connectivity index (χ1n) is 9.26. The molecule has 0 radical (unpaired) electrons. The number of nitrogens with zero attached hydrogens (tertiary/aromatic N) is 5. The van der Waals surface area contributed by atoms with Gasteiger partial charge in [0.05, 0.1) is 23.7 Å². The predicted molar refractivity (Wildman–Crippen MR) is 104 cm³/mol. The average Bonchev–Trinajstić information content (AvgIpc) is 3.19. The molecule has 4 rings (SSSR count). The Hall–Kier alpha value is -2.84. The minimum Gasteiger partial charge on any atom is -0.322 e. The van der Waals surface area contributed by atoms with E-state index >= 15 is 0 Å². The van der Waals surface area contributed by atoms with Crippen LogP contribution in [0.2, 0.25) is 5.02 Å². The van der Waals surface area contributed by atoms with E-state index in [-0.39, 0.29) is 16.7 Å². The first-order chi connectivity index (χ1) is 13.6. The predicted octanol–water partition coefficient (Wildman–Crippen LogP) is 2.38. The number of benzene rings is 2. The van der Waals surface area contributed by atoms with Crippen LogP contribution in [-0.4, -0.2) is 38.2 Å². The van der Waals surface area contributed by atoms with Crippen molar-refractivity contribution in [2.45, 2.75) is 25.3 Å². The second-order valence-electron chi connectivity index (χ2n) is 6.93. The summed E-state index contributed by atoms with van der Waals surface area (Å²) in [5.41, 5.74) is 1.67. The van der Waals surface area contributed by atoms with Crippen molar-refractivity contribution in [2.75, 3.05) is 13.1 Å². The Kier molecular flexibility index (Phi) is 5.31. The van der Waals surface area contributed by atoms with E-state index in [2.05, 4.69) is 15.5 Å². The van der Waals surface area contributed by atoms with Gasteiger partial charge in [0.2, 0.25) is 5.82 Å². The molecule has 0 aliphatic carbocycles. The summed E-state index contributed by atoms with van der Waals surface area (Å²) < 4.78 is 1.68. The summed E-state index contributed by atoms with van der Waals surface area (Å²) in [6.07, 6.45) is 3.42. The van der Waals surface area contributed by atoms with Gasteiger partial charge in [-0.25, -0.2) is 0 Å². The molecule has 1 aliphatic heterocycles. The van der Waals surface area contributed by atoms with Crippen molar-refractivity contribution < 1.29 is 9.82 Å². The number of halogens is 1. The number of hydrogen-bond donors (Lipinski definition) is 1. The third-order valence-corrected chi connectivity index (χ3v) is 5.36. The summed E-state index contributed by atoms with van der Waals surface area (Å²) in [6.45, 7) is 1.94. The van der Waals surface area contributed by atoms with Gasteiger partial charge < -0.3 is 4.90 Å². The fourth-order valence-electron chi connectivity index (χ4n) is 3.85. The molecule has 144 valence electrons. The van der Waals surface area contributed by atoms with Crippen LogP contribution in [-0.2, 0) is 0 Å². The Balaban J connectivity index is 1.82. The lowest BCUT2D eigenvalue weighted by molar-refractivity contribution is -0.931. The van der Waals surface area contributed by atoms with Crippen molar-refractivity contribution in [3.8, 4) is 5.69 Å². The maximum Gasteiger partial charge on any atom is 0.269 e. The molecule has 1 saturated heterocycles. The molecule has 28 heavy (non-hydrogen) atoms. The highest BCUT2D eigenvalue weighted by Crippen LogP contribution is 2.24. The molecule has 2 aromatic carbocycles. The van der Waals surface area contributed by atoms with Crippen LogP contribution in [0, 0.1) is 10.1 Å². The van der Waals surface area contributed by atoms with Gasteiger partial charge in [-0.1, -0.05) is 29.8 Å². The molecule has 2 heterocycles. The van der Waals surface area contributed by atoms with Crippen molar-refractivity contribution >= 4 is 17.3 Å². The minimum absolute atomic E-state index is 0.0701. The number of tetrazole rings is 1. The van der Waals surface area contributed by atoms with Crippen LogP contribution in [0.15, 0.2) is 48.5 Å². The molecule has 0 amide bonds. The Labute approximate surface area is 166 Å². The Bertz CT molecular complexity index is 986. The number of nitrogens with one attached hydrogen (secondary N) is 1. The lowest BCUT2D eigenvalue weighted by Gasteiger charge is -2.30. The second-order valence-corrected chi connectivity index (χ2v) is 7.37. The number of aromatic nitrogens is 4. The summed E-state index contributed by atoms with van der Waals surface area (Å²) in [6, 6.07) is 13.9. The molecular weight excluding hydrogens is 380 g/mol. The molecular formula is C19H20ClN6O2+. The third kappa shape index (κ3) is 3.74. The number of nitro groups is 1. The highest BCUT2D eigenvalue weighted by Gasteiger charge is 2.33. The molecule has 0 saturated carbocycles. The topological polar surface area (TPSA) is 91.2 Å². The van der Waals surface area contributed by atoms with E-state index in [1.54, 1.807) is 28.9 Å². The smallest absolute Gasteiger partial charge is 0.269 e. The zero-order valence-corrected chi connectivity index (χ0v) is 15.9. The first kappa shape index (κ1) is 18.5. The van der Waals surface area contributed by atoms with Gasteiger partial charge in [-0.05, 0) is 47.9 Å². The van der Waals surface area contributed by atoms with Gasteiger partial charge in [-0.15, -0.1) is 5.10 Å². The van der Waals surface area contributed by atoms with Crippen LogP contribution in [0.3, 0.4) is 0 Å². The molecule has 9 heteroatoms. The monoisotopic (exact) mass is 399 g/mol. The lowest BCUT2D eigenvalue weighted by atomic mass is 10.00. The maximum absolute atomic E-state index is 11.3. The van der Waals surface area contributed by atoms with Crippen molar-refractivity contribution in [1.82, 2.24) is 20.2 Å². The van der Waals surface area contributed by atoms with Gasteiger partial charge >= 0.3 is 0 Å². The number of rotatable bonds is 5. The zero-order chi connectivity index (χ0) is 19.5. The molecule has 0 unspecified atom stereocenters. The van der Waals surface area contributed by atoms with Gasteiger partial charge in [-0.2, -0.15) is 4.68 Å². The number of quaternary nitrogens is 1. The average molecular weight is 400 g/mol. The molecule has 1 fully saturated rings.